The fourth-order valence-corrected chi connectivity index (χ4v) is 0. The maximum atomic E-state index is 0. The van der Waals surface area contributed by atoms with E-state index >= 15 is 0 Å². The predicted molar refractivity (Wildman–Crippen MR) is 2.06 cm³/mol. The van der Waals surface area contributed by atoms with Gasteiger partial charge in [0.2, 0.25) is 0 Å². The van der Waals surface area contributed by atoms with E-state index in [0.717, 1.165) is 0 Å². The van der Waals surface area contributed by atoms with E-state index < -0.39 is 0 Å². The SMILES string of the molecule is [O-2].[O-2].[O-2].[Re]. The van der Waals surface area contributed by atoms with Crippen LogP contribution < -0.4 is 0 Å². The Morgan fingerprint density at radius 3 is 0.500 bits per heavy atom. The van der Waals surface area contributed by atoms with Gasteiger partial charge in [0.05, 0.1) is 0 Å². The molecule has 3 nitrogen and oxygen atoms in total. The first-order valence-corrected chi connectivity index (χ1v) is 0. The zero-order chi connectivity index (χ0) is 0. The summed E-state index contributed by atoms with van der Waals surface area (Å²) >= 11 is 0. The summed E-state index contributed by atoms with van der Waals surface area (Å²) in [5.74, 6) is 0. The van der Waals surface area contributed by atoms with Crippen LogP contribution in [0, 0.1) is 0 Å². The summed E-state index contributed by atoms with van der Waals surface area (Å²) in [6.07, 6.45) is 0. The third-order valence-electron chi connectivity index (χ3n) is 0. The fraction of sp³-hybridized carbons (Fsp3) is 0. The van der Waals surface area contributed by atoms with Crippen molar-refractivity contribution in [3.05, 3.63) is 0 Å². The molecule has 0 amide bonds. The molecule has 0 aliphatic rings. The van der Waals surface area contributed by atoms with Crippen LogP contribution in [0.25, 0.3) is 0 Å². The molecule has 0 aliphatic heterocycles. The van der Waals surface area contributed by atoms with Crippen molar-refractivity contribution in [2.24, 2.45) is 0 Å². The molecule has 4 heavy (non-hydrogen) atoms. The molecule has 0 saturated heterocycles. The van der Waals surface area contributed by atoms with Gasteiger partial charge in [-0.2, -0.15) is 0 Å². The molecular weight excluding hydrogens is 234 g/mol. The molecule has 0 bridgehead atoms. The molecule has 0 unspecified atom stereocenters. The van der Waals surface area contributed by atoms with E-state index in [4.69, 9.17) is 0 Å². The zero-order valence-corrected chi connectivity index (χ0v) is 4.32. The summed E-state index contributed by atoms with van der Waals surface area (Å²) in [7, 11) is 0. The van der Waals surface area contributed by atoms with Crippen molar-refractivity contribution < 1.29 is 36.9 Å². The van der Waals surface area contributed by atoms with Gasteiger partial charge in [-0.15, -0.1) is 0 Å². The van der Waals surface area contributed by atoms with Crippen LogP contribution in [0.3, 0.4) is 0 Å². The van der Waals surface area contributed by atoms with Gasteiger partial charge in [0.1, 0.15) is 0 Å². The molecule has 1 radical (unpaired) electrons. The molecule has 0 heterocycles. The third kappa shape index (κ3) is 20.6. The maximum Gasteiger partial charge on any atom is 0 e. The molecular formula is O3Re-6. The molecule has 0 aromatic heterocycles. The first-order valence-electron chi connectivity index (χ1n) is 0. The average Bonchev–Trinajstić information content (AvgIpc) is 0. The summed E-state index contributed by atoms with van der Waals surface area (Å²) in [6.45, 7) is 0. The third-order valence-corrected chi connectivity index (χ3v) is 0. The summed E-state index contributed by atoms with van der Waals surface area (Å²) in [5, 5.41) is 0. The molecule has 0 N–H and O–H groups in total. The van der Waals surface area contributed by atoms with Crippen molar-refractivity contribution in [2.45, 2.75) is 0 Å². The Kier molecular flexibility index (Phi) is 3770. The van der Waals surface area contributed by atoms with Crippen LogP contribution in [0.1, 0.15) is 0 Å². The molecule has 0 aliphatic carbocycles. The first-order chi connectivity index (χ1) is 0. The quantitative estimate of drug-likeness (QED) is 0.548. The minimum atomic E-state index is 0. The summed E-state index contributed by atoms with van der Waals surface area (Å²) < 4.78 is 0. The van der Waals surface area contributed by atoms with E-state index in [0.29, 0.717) is 0 Å². The number of rotatable bonds is 0. The summed E-state index contributed by atoms with van der Waals surface area (Å²) in [6, 6.07) is 0. The zero-order valence-electron chi connectivity index (χ0n) is 1.60. The van der Waals surface area contributed by atoms with Gasteiger partial charge in [-0.1, -0.05) is 0 Å². The molecule has 31 valence electrons. The van der Waals surface area contributed by atoms with Gasteiger partial charge in [0.15, 0.2) is 0 Å². The number of hydrogen-bond donors (Lipinski definition) is 0. The van der Waals surface area contributed by atoms with Crippen LogP contribution in [0.2, 0.25) is 0 Å². The normalized spacial score (nSPS) is 0. The molecule has 4 heteroatoms. The van der Waals surface area contributed by atoms with Crippen LogP contribution in [-0.4, -0.2) is 0 Å². The summed E-state index contributed by atoms with van der Waals surface area (Å²) in [5.41, 5.74) is 0. The second kappa shape index (κ2) is 77.8. The van der Waals surface area contributed by atoms with Crippen molar-refractivity contribution in [1.29, 1.82) is 0 Å². The molecule has 0 saturated carbocycles. The van der Waals surface area contributed by atoms with E-state index in [9.17, 15) is 0 Å². The molecule has 0 atom stereocenters. The second-order valence-corrected chi connectivity index (χ2v) is 0. The van der Waals surface area contributed by atoms with Crippen LogP contribution in [0.15, 0.2) is 0 Å². The minimum absolute atomic E-state index is 0. The smallest absolute Gasteiger partial charge is 0 e. The van der Waals surface area contributed by atoms with Crippen molar-refractivity contribution in [2.75, 3.05) is 0 Å². The topological polar surface area (TPSA) is 85.5 Å². The van der Waals surface area contributed by atoms with Crippen LogP contribution >= 0.6 is 0 Å². The monoisotopic (exact) mass is 235 g/mol. The Morgan fingerprint density at radius 2 is 0.500 bits per heavy atom. The van der Waals surface area contributed by atoms with Gasteiger partial charge in [-0.25, -0.2) is 0 Å². The van der Waals surface area contributed by atoms with Gasteiger partial charge in [-0.05, 0) is 0 Å². The van der Waals surface area contributed by atoms with E-state index in [1.54, 1.807) is 0 Å². The first kappa shape index (κ1) is 194. The van der Waals surface area contributed by atoms with E-state index in [1.165, 1.54) is 0 Å². The Hall–Kier alpha value is 0.542. The number of hydrogen-bond acceptors (Lipinski definition) is 0. The van der Waals surface area contributed by atoms with Crippen molar-refractivity contribution in [1.82, 2.24) is 0 Å². The van der Waals surface area contributed by atoms with E-state index in [1.807, 2.05) is 0 Å². The maximum absolute atomic E-state index is 0. The molecule has 0 rings (SSSR count). The van der Waals surface area contributed by atoms with Gasteiger partial charge in [0.25, 0.3) is 0 Å². The van der Waals surface area contributed by atoms with Crippen LogP contribution in [0.5, 0.6) is 0 Å². The Balaban J connectivity index is 0. The average molecular weight is 234 g/mol. The van der Waals surface area contributed by atoms with E-state index in [-0.39, 0.29) is 36.9 Å². The van der Waals surface area contributed by atoms with Gasteiger partial charge >= 0.3 is 0 Å². The molecule has 0 spiro atoms. The Morgan fingerprint density at radius 1 is 0.500 bits per heavy atom. The molecule has 0 aromatic rings. The van der Waals surface area contributed by atoms with Crippen LogP contribution in [0.4, 0.5) is 0 Å². The van der Waals surface area contributed by atoms with Gasteiger partial charge < -0.3 is 16.4 Å². The summed E-state index contributed by atoms with van der Waals surface area (Å²) in [4.78, 5) is 0. The van der Waals surface area contributed by atoms with Crippen molar-refractivity contribution in [3.63, 3.8) is 0 Å². The minimum Gasteiger partial charge on any atom is -2.00 e. The molecule has 0 fully saturated rings. The Bertz CT molecular complexity index is 3.25. The predicted octanol–water partition coefficient (Wildman–Crippen LogP) is -0.359. The van der Waals surface area contributed by atoms with Crippen molar-refractivity contribution in [3.8, 4) is 0 Å². The largest absolute Gasteiger partial charge is 2.00 e. The molecule has 0 aromatic carbocycles. The fourth-order valence-electron chi connectivity index (χ4n) is 0. The Labute approximate surface area is 37.6 Å². The van der Waals surface area contributed by atoms with Gasteiger partial charge in [-0.3, -0.25) is 0 Å². The van der Waals surface area contributed by atoms with E-state index in [2.05, 4.69) is 0 Å². The van der Waals surface area contributed by atoms with Crippen LogP contribution in [-0.2, 0) is 36.9 Å². The van der Waals surface area contributed by atoms with Gasteiger partial charge in [0, 0.05) is 20.4 Å². The second-order valence-electron chi connectivity index (χ2n) is 0. The van der Waals surface area contributed by atoms with Crippen molar-refractivity contribution >= 4 is 0 Å². The standard InChI is InChI=1S/3O.Re/q3*-2;.